The van der Waals surface area contributed by atoms with Crippen LogP contribution in [0, 0.1) is 11.6 Å². The van der Waals surface area contributed by atoms with Crippen LogP contribution in [-0.4, -0.2) is 20.9 Å². The van der Waals surface area contributed by atoms with Gasteiger partial charge in [0, 0.05) is 6.07 Å². The van der Waals surface area contributed by atoms with E-state index < -0.39 is 29.1 Å². The minimum atomic E-state index is -0.978. The summed E-state index contributed by atoms with van der Waals surface area (Å²) in [6.07, 6.45) is 0.238. The normalized spacial score (nSPS) is 12.1. The van der Waals surface area contributed by atoms with Crippen molar-refractivity contribution < 1.29 is 13.6 Å². The number of nitrogens with zero attached hydrogens (tertiary/aromatic N) is 3. The van der Waals surface area contributed by atoms with Gasteiger partial charge < -0.3 is 5.32 Å². The van der Waals surface area contributed by atoms with Gasteiger partial charge >= 0.3 is 0 Å². The van der Waals surface area contributed by atoms with Gasteiger partial charge in [-0.15, -0.1) is 5.10 Å². The van der Waals surface area contributed by atoms with Crippen LogP contribution >= 0.6 is 0 Å². The highest BCUT2D eigenvalue weighted by Gasteiger charge is 2.23. The second-order valence-corrected chi connectivity index (χ2v) is 5.39. The molecule has 1 unspecified atom stereocenters. The minimum absolute atomic E-state index is 0.174. The van der Waals surface area contributed by atoms with Crippen molar-refractivity contribution in [2.75, 3.05) is 5.32 Å². The number of halogens is 2. The van der Waals surface area contributed by atoms with Crippen molar-refractivity contribution in [2.24, 2.45) is 0 Å². The second-order valence-electron chi connectivity index (χ2n) is 5.39. The first kappa shape index (κ1) is 16.7. The van der Waals surface area contributed by atoms with Gasteiger partial charge in [0.05, 0.1) is 11.1 Å². The number of rotatable bonds is 4. The van der Waals surface area contributed by atoms with Crippen LogP contribution in [0.4, 0.5) is 14.5 Å². The van der Waals surface area contributed by atoms with Crippen molar-refractivity contribution in [1.29, 1.82) is 0 Å². The van der Waals surface area contributed by atoms with Crippen LogP contribution in [0.15, 0.2) is 47.3 Å². The third kappa shape index (κ3) is 3.23. The van der Waals surface area contributed by atoms with Gasteiger partial charge in [-0.3, -0.25) is 9.59 Å². The van der Waals surface area contributed by atoms with Gasteiger partial charge in [0.2, 0.25) is 5.91 Å². The summed E-state index contributed by atoms with van der Waals surface area (Å²) in [5.74, 6) is -2.29. The topological polar surface area (TPSA) is 76.9 Å². The lowest BCUT2D eigenvalue weighted by molar-refractivity contribution is -0.119. The Hall–Kier alpha value is -3.16. The monoisotopic (exact) mass is 344 g/mol. The molecule has 25 heavy (non-hydrogen) atoms. The lowest BCUT2D eigenvalue weighted by atomic mass is 10.2. The Morgan fingerprint density at radius 3 is 2.72 bits per heavy atom. The lowest BCUT2D eigenvalue weighted by Crippen LogP contribution is -2.35. The quantitative estimate of drug-likeness (QED) is 0.789. The summed E-state index contributed by atoms with van der Waals surface area (Å²) in [4.78, 5) is 25.0. The molecule has 1 amide bonds. The maximum absolute atomic E-state index is 13.7. The Labute approximate surface area is 141 Å². The van der Waals surface area contributed by atoms with Crippen molar-refractivity contribution in [3.05, 3.63) is 64.5 Å². The molecule has 2 aromatic carbocycles. The van der Waals surface area contributed by atoms with Crippen LogP contribution in [-0.2, 0) is 4.79 Å². The Morgan fingerprint density at radius 1 is 1.24 bits per heavy atom. The predicted octanol–water partition coefficient (Wildman–Crippen LogP) is 2.66. The van der Waals surface area contributed by atoms with E-state index in [1.807, 2.05) is 0 Å². The molecule has 128 valence electrons. The Kier molecular flexibility index (Phi) is 4.51. The second kappa shape index (κ2) is 6.76. The molecule has 0 bridgehead atoms. The third-order valence-corrected chi connectivity index (χ3v) is 3.76. The zero-order chi connectivity index (χ0) is 18.0. The predicted molar refractivity (Wildman–Crippen MR) is 88.1 cm³/mol. The molecule has 0 aliphatic heterocycles. The number of nitrogens with one attached hydrogen (secondary N) is 1. The van der Waals surface area contributed by atoms with E-state index in [9.17, 15) is 18.4 Å². The van der Waals surface area contributed by atoms with Crippen LogP contribution in [0.2, 0.25) is 0 Å². The number of hydrogen-bond acceptors (Lipinski definition) is 4. The van der Waals surface area contributed by atoms with Crippen molar-refractivity contribution in [3.63, 3.8) is 0 Å². The molecule has 8 heteroatoms. The average Bonchev–Trinajstić information content (AvgIpc) is 2.60. The molecule has 0 fully saturated rings. The first-order valence-corrected chi connectivity index (χ1v) is 7.61. The van der Waals surface area contributed by atoms with Crippen molar-refractivity contribution >= 4 is 22.5 Å². The summed E-state index contributed by atoms with van der Waals surface area (Å²) in [7, 11) is 0. The maximum atomic E-state index is 13.7. The van der Waals surface area contributed by atoms with E-state index in [0.717, 1.165) is 16.8 Å². The number of anilines is 1. The molecule has 0 saturated carbocycles. The standard InChI is InChI=1S/C17H14F2N4O2/c1-2-15(16(24)20-14-8-7-10(18)9-12(14)19)23-17(25)11-5-3-4-6-13(11)21-22-23/h3-9,15H,2H2,1H3,(H,20,24). The fraction of sp³-hybridized carbons (Fsp3) is 0.176. The van der Waals surface area contributed by atoms with E-state index in [0.29, 0.717) is 17.0 Å². The fourth-order valence-electron chi connectivity index (χ4n) is 2.48. The Bertz CT molecular complexity index is 1000. The van der Waals surface area contributed by atoms with Gasteiger partial charge in [0.15, 0.2) is 0 Å². The number of carbonyl (C=O) groups excluding carboxylic acids is 1. The first-order chi connectivity index (χ1) is 12.0. The van der Waals surface area contributed by atoms with E-state index >= 15 is 0 Å². The molecule has 3 rings (SSSR count). The van der Waals surface area contributed by atoms with Gasteiger partial charge in [-0.05, 0) is 30.7 Å². The molecule has 0 spiro atoms. The van der Waals surface area contributed by atoms with E-state index in [1.54, 1.807) is 31.2 Å². The Morgan fingerprint density at radius 2 is 2.00 bits per heavy atom. The summed E-state index contributed by atoms with van der Waals surface area (Å²) < 4.78 is 27.6. The van der Waals surface area contributed by atoms with Crippen molar-refractivity contribution in [1.82, 2.24) is 15.0 Å². The molecule has 6 nitrogen and oxygen atoms in total. The summed E-state index contributed by atoms with van der Waals surface area (Å²) in [6, 6.07) is 8.47. The molecule has 1 atom stereocenters. The van der Waals surface area contributed by atoms with Crippen LogP contribution in [0.25, 0.3) is 10.9 Å². The van der Waals surface area contributed by atoms with Crippen LogP contribution in [0.3, 0.4) is 0 Å². The molecular formula is C17H14F2N4O2. The molecule has 0 saturated heterocycles. The highest BCUT2D eigenvalue weighted by molar-refractivity contribution is 5.93. The summed E-state index contributed by atoms with van der Waals surface area (Å²) in [6.45, 7) is 1.69. The summed E-state index contributed by atoms with van der Waals surface area (Å²) in [5.41, 5.74) is -0.220. The minimum Gasteiger partial charge on any atom is -0.322 e. The molecule has 1 heterocycles. The number of benzene rings is 2. The molecule has 0 aliphatic rings. The van der Waals surface area contributed by atoms with Gasteiger partial charge in [-0.2, -0.15) is 4.68 Å². The molecule has 0 radical (unpaired) electrons. The van der Waals surface area contributed by atoms with Crippen LogP contribution in [0.5, 0.6) is 0 Å². The van der Waals surface area contributed by atoms with Crippen molar-refractivity contribution in [3.8, 4) is 0 Å². The van der Waals surface area contributed by atoms with Gasteiger partial charge in [-0.1, -0.05) is 24.3 Å². The number of hydrogen-bond donors (Lipinski definition) is 1. The highest BCUT2D eigenvalue weighted by Crippen LogP contribution is 2.18. The third-order valence-electron chi connectivity index (χ3n) is 3.76. The molecule has 0 aliphatic carbocycles. The zero-order valence-electron chi connectivity index (χ0n) is 13.2. The molecule has 3 aromatic rings. The summed E-state index contributed by atoms with van der Waals surface area (Å²) in [5, 5.41) is 10.4. The Balaban J connectivity index is 1.95. The van der Waals surface area contributed by atoms with E-state index in [1.165, 1.54) is 0 Å². The molecular weight excluding hydrogens is 330 g/mol. The fourth-order valence-corrected chi connectivity index (χ4v) is 2.48. The summed E-state index contributed by atoms with van der Waals surface area (Å²) >= 11 is 0. The van der Waals surface area contributed by atoms with Crippen LogP contribution < -0.4 is 10.9 Å². The maximum Gasteiger partial charge on any atom is 0.278 e. The van der Waals surface area contributed by atoms with Crippen molar-refractivity contribution in [2.45, 2.75) is 19.4 Å². The van der Waals surface area contributed by atoms with Crippen LogP contribution in [0.1, 0.15) is 19.4 Å². The number of amides is 1. The lowest BCUT2D eigenvalue weighted by Gasteiger charge is -2.16. The zero-order valence-corrected chi connectivity index (χ0v) is 13.2. The molecule has 1 aromatic heterocycles. The first-order valence-electron chi connectivity index (χ1n) is 7.61. The van der Waals surface area contributed by atoms with E-state index in [-0.39, 0.29) is 12.1 Å². The van der Waals surface area contributed by atoms with E-state index in [4.69, 9.17) is 0 Å². The number of aromatic nitrogens is 3. The van der Waals surface area contributed by atoms with Gasteiger partial charge in [-0.25, -0.2) is 8.78 Å². The average molecular weight is 344 g/mol. The number of fused-ring (bicyclic) bond motifs is 1. The largest absolute Gasteiger partial charge is 0.322 e. The van der Waals surface area contributed by atoms with E-state index in [2.05, 4.69) is 15.6 Å². The van der Waals surface area contributed by atoms with Gasteiger partial charge in [0.1, 0.15) is 23.2 Å². The van der Waals surface area contributed by atoms with Gasteiger partial charge in [0.25, 0.3) is 5.56 Å². The smallest absolute Gasteiger partial charge is 0.278 e. The highest BCUT2D eigenvalue weighted by atomic mass is 19.1. The number of carbonyl (C=O) groups is 1. The molecule has 1 N–H and O–H groups in total. The SMILES string of the molecule is CCC(C(=O)Nc1ccc(F)cc1F)n1nnc2ccccc2c1=O.